The molecule has 1 aromatic heterocycles. The Hall–Kier alpha value is -4.98. The van der Waals surface area contributed by atoms with Crippen molar-refractivity contribution in [2.75, 3.05) is 29.3 Å². The van der Waals surface area contributed by atoms with Gasteiger partial charge in [-0.3, -0.25) is 9.79 Å². The summed E-state index contributed by atoms with van der Waals surface area (Å²) >= 11 is 0. The molecule has 0 spiro atoms. The van der Waals surface area contributed by atoms with Gasteiger partial charge >= 0.3 is 0 Å². The van der Waals surface area contributed by atoms with Crippen LogP contribution in [0.4, 0.5) is 23.0 Å². The first-order valence-electron chi connectivity index (χ1n) is 12.2. The summed E-state index contributed by atoms with van der Waals surface area (Å²) in [5, 5.41) is 6.08. The number of rotatable bonds is 8. The van der Waals surface area contributed by atoms with Crippen LogP contribution in [0.2, 0.25) is 0 Å². The number of methoxy groups -OCH3 is 1. The molecule has 0 atom stereocenters. The maximum atomic E-state index is 11.3. The predicted octanol–water partition coefficient (Wildman–Crippen LogP) is 5.83. The summed E-state index contributed by atoms with van der Waals surface area (Å²) in [6, 6.07) is 25.5. The van der Waals surface area contributed by atoms with Crippen molar-refractivity contribution in [3.8, 4) is 17.0 Å². The van der Waals surface area contributed by atoms with E-state index < -0.39 is 0 Å². The monoisotopic (exact) mass is 504 g/mol. The number of aliphatic imine (C=N–C) groups is 1. The van der Waals surface area contributed by atoms with Gasteiger partial charge in [-0.05, 0) is 60.2 Å². The molecule has 8 heteroatoms. The third kappa shape index (κ3) is 6.22. The molecule has 2 heterocycles. The summed E-state index contributed by atoms with van der Waals surface area (Å²) in [5.41, 5.74) is 6.54. The number of hydrogen-bond acceptors (Lipinski definition) is 7. The second-order valence-electron chi connectivity index (χ2n) is 8.80. The molecule has 8 nitrogen and oxygen atoms in total. The van der Waals surface area contributed by atoms with Crippen LogP contribution >= 0.6 is 0 Å². The third-order valence-electron chi connectivity index (χ3n) is 5.98. The zero-order valence-electron chi connectivity index (χ0n) is 21.3. The number of nitrogens with one attached hydrogen (secondary N) is 2. The van der Waals surface area contributed by atoms with E-state index in [-0.39, 0.29) is 5.91 Å². The molecule has 0 saturated heterocycles. The Bertz CT molecular complexity index is 1500. The Morgan fingerprint density at radius 3 is 2.61 bits per heavy atom. The van der Waals surface area contributed by atoms with Crippen molar-refractivity contribution in [2.24, 2.45) is 4.99 Å². The number of carbonyl (C=O) groups is 1. The molecule has 190 valence electrons. The number of hydrogen-bond donors (Lipinski definition) is 2. The zero-order chi connectivity index (χ0) is 26.3. The standard InChI is InChI=1S/C30H28N6O2/c1-21(37)33-24-11-9-23(10-12-24)29-13-15-31-30(35-29)34-26-6-4-7-27(19-26)36-16-14-25(32-20-36)17-22-5-3-8-28(18-22)38-2/h3-16,18-19H,17,20H2,1-2H3,(H,33,37)(H,31,34,35). The molecule has 1 amide bonds. The number of aromatic nitrogens is 2. The van der Waals surface area contributed by atoms with Crippen LogP contribution < -0.4 is 20.3 Å². The first-order valence-corrected chi connectivity index (χ1v) is 12.2. The van der Waals surface area contributed by atoms with E-state index in [1.165, 1.54) is 12.5 Å². The minimum absolute atomic E-state index is 0.103. The predicted molar refractivity (Wildman–Crippen MR) is 152 cm³/mol. The SMILES string of the molecule is COc1cccc(CC2=NCN(c3cccc(Nc4nccc(-c5ccc(NC(C)=O)cc5)n4)c3)C=C2)c1. The van der Waals surface area contributed by atoms with Crippen LogP contribution in [0, 0.1) is 0 Å². The van der Waals surface area contributed by atoms with Crippen molar-refractivity contribution in [3.05, 3.63) is 103 Å². The minimum atomic E-state index is -0.103. The minimum Gasteiger partial charge on any atom is -0.497 e. The smallest absolute Gasteiger partial charge is 0.227 e. The zero-order valence-corrected chi connectivity index (χ0v) is 21.3. The molecule has 0 radical (unpaired) electrons. The molecule has 0 fully saturated rings. The van der Waals surface area contributed by atoms with Gasteiger partial charge in [0, 0.05) is 54.1 Å². The van der Waals surface area contributed by atoms with Gasteiger partial charge in [0.1, 0.15) is 12.4 Å². The van der Waals surface area contributed by atoms with E-state index >= 15 is 0 Å². The summed E-state index contributed by atoms with van der Waals surface area (Å²) in [4.78, 5) is 27.2. The van der Waals surface area contributed by atoms with Crippen LogP contribution in [0.25, 0.3) is 11.3 Å². The van der Waals surface area contributed by atoms with Crippen LogP contribution in [-0.4, -0.2) is 35.4 Å². The maximum Gasteiger partial charge on any atom is 0.227 e. The summed E-state index contributed by atoms with van der Waals surface area (Å²) in [5.74, 6) is 1.25. The molecular weight excluding hydrogens is 476 g/mol. The van der Waals surface area contributed by atoms with Crippen LogP contribution in [0.3, 0.4) is 0 Å². The molecular formula is C30H28N6O2. The van der Waals surface area contributed by atoms with Gasteiger partial charge in [0.2, 0.25) is 11.9 Å². The lowest BCUT2D eigenvalue weighted by molar-refractivity contribution is -0.114. The fraction of sp³-hybridized carbons (Fsp3) is 0.133. The van der Waals surface area contributed by atoms with E-state index in [1.807, 2.05) is 78.9 Å². The number of amides is 1. The number of allylic oxidation sites excluding steroid dienone is 1. The topological polar surface area (TPSA) is 91.7 Å². The van der Waals surface area contributed by atoms with Crippen molar-refractivity contribution in [2.45, 2.75) is 13.3 Å². The van der Waals surface area contributed by atoms with Crippen LogP contribution in [0.1, 0.15) is 12.5 Å². The highest BCUT2D eigenvalue weighted by Crippen LogP contribution is 2.25. The molecule has 2 N–H and O–H groups in total. The quantitative estimate of drug-likeness (QED) is 0.314. The number of benzene rings is 3. The van der Waals surface area contributed by atoms with Gasteiger partial charge in [-0.2, -0.15) is 0 Å². The highest BCUT2D eigenvalue weighted by atomic mass is 16.5. The number of nitrogens with zero attached hydrogens (tertiary/aromatic N) is 4. The van der Waals surface area contributed by atoms with E-state index in [1.54, 1.807) is 13.3 Å². The summed E-state index contributed by atoms with van der Waals surface area (Å²) in [6.45, 7) is 2.03. The number of ether oxygens (including phenoxy) is 1. The molecule has 0 saturated carbocycles. The van der Waals surface area contributed by atoms with E-state index in [4.69, 9.17) is 9.73 Å². The molecule has 5 rings (SSSR count). The highest BCUT2D eigenvalue weighted by molar-refractivity contribution is 5.97. The second-order valence-corrected chi connectivity index (χ2v) is 8.80. The second kappa shape index (κ2) is 11.4. The lowest BCUT2D eigenvalue weighted by Gasteiger charge is -2.23. The van der Waals surface area contributed by atoms with Gasteiger partial charge < -0.3 is 20.3 Å². The summed E-state index contributed by atoms with van der Waals surface area (Å²) < 4.78 is 5.32. The molecule has 0 aliphatic carbocycles. The van der Waals surface area contributed by atoms with Crippen molar-refractivity contribution in [1.82, 2.24) is 9.97 Å². The Morgan fingerprint density at radius 1 is 1.00 bits per heavy atom. The lowest BCUT2D eigenvalue weighted by atomic mass is 10.1. The maximum absolute atomic E-state index is 11.3. The van der Waals surface area contributed by atoms with E-state index in [0.29, 0.717) is 12.6 Å². The third-order valence-corrected chi connectivity index (χ3v) is 5.98. The van der Waals surface area contributed by atoms with Gasteiger partial charge in [-0.1, -0.05) is 30.3 Å². The summed E-state index contributed by atoms with van der Waals surface area (Å²) in [7, 11) is 1.68. The Morgan fingerprint density at radius 2 is 1.84 bits per heavy atom. The van der Waals surface area contributed by atoms with Gasteiger partial charge in [0.05, 0.1) is 12.8 Å². The highest BCUT2D eigenvalue weighted by Gasteiger charge is 2.11. The van der Waals surface area contributed by atoms with Gasteiger partial charge in [-0.25, -0.2) is 9.97 Å². The van der Waals surface area contributed by atoms with Gasteiger partial charge in [-0.15, -0.1) is 0 Å². The normalized spacial score (nSPS) is 12.6. The van der Waals surface area contributed by atoms with Crippen molar-refractivity contribution in [3.63, 3.8) is 0 Å². The van der Waals surface area contributed by atoms with E-state index in [0.717, 1.165) is 46.2 Å². The molecule has 38 heavy (non-hydrogen) atoms. The Kier molecular flexibility index (Phi) is 7.40. The molecule has 1 aliphatic rings. The number of anilines is 4. The average Bonchev–Trinajstić information content (AvgIpc) is 2.94. The van der Waals surface area contributed by atoms with E-state index in [9.17, 15) is 4.79 Å². The van der Waals surface area contributed by atoms with E-state index in [2.05, 4.69) is 37.8 Å². The summed E-state index contributed by atoms with van der Waals surface area (Å²) in [6.07, 6.45) is 6.59. The first kappa shape index (κ1) is 24.7. The van der Waals surface area contributed by atoms with Crippen LogP contribution in [0.5, 0.6) is 5.75 Å². The molecule has 1 aliphatic heterocycles. The van der Waals surface area contributed by atoms with Gasteiger partial charge in [0.25, 0.3) is 0 Å². The van der Waals surface area contributed by atoms with Crippen molar-refractivity contribution < 1.29 is 9.53 Å². The Labute approximate surface area is 221 Å². The Balaban J connectivity index is 1.24. The fourth-order valence-corrected chi connectivity index (χ4v) is 4.12. The molecule has 3 aromatic carbocycles. The number of carbonyl (C=O) groups excluding carboxylic acids is 1. The molecule has 0 unspecified atom stereocenters. The van der Waals surface area contributed by atoms with Gasteiger partial charge in [0.15, 0.2) is 0 Å². The van der Waals surface area contributed by atoms with Crippen molar-refractivity contribution >= 4 is 34.6 Å². The lowest BCUT2D eigenvalue weighted by Crippen LogP contribution is -2.22. The molecule has 4 aromatic rings. The fourth-order valence-electron chi connectivity index (χ4n) is 4.12. The largest absolute Gasteiger partial charge is 0.497 e. The van der Waals surface area contributed by atoms with Crippen LogP contribution in [0.15, 0.2) is 102 Å². The molecule has 0 bridgehead atoms. The average molecular weight is 505 g/mol. The van der Waals surface area contributed by atoms with Crippen molar-refractivity contribution in [1.29, 1.82) is 0 Å². The first-order chi connectivity index (χ1) is 18.6. The van der Waals surface area contributed by atoms with Crippen LogP contribution in [-0.2, 0) is 11.2 Å².